The lowest BCUT2D eigenvalue weighted by Gasteiger charge is -2.25. The number of fused-ring (bicyclic) bond motifs is 1. The third-order valence-corrected chi connectivity index (χ3v) is 3.97. The second-order valence-electron chi connectivity index (χ2n) is 5.49. The van der Waals surface area contributed by atoms with Crippen LogP contribution in [0.15, 0.2) is 48.6 Å². The van der Waals surface area contributed by atoms with E-state index in [-0.39, 0.29) is 0 Å². The molecule has 0 saturated carbocycles. The summed E-state index contributed by atoms with van der Waals surface area (Å²) in [7, 11) is 0. The van der Waals surface area contributed by atoms with Gasteiger partial charge in [0.2, 0.25) is 0 Å². The first-order valence-electron chi connectivity index (χ1n) is 7.71. The molecule has 3 N–H and O–H groups in total. The summed E-state index contributed by atoms with van der Waals surface area (Å²) in [4.78, 5) is 19.1. The summed E-state index contributed by atoms with van der Waals surface area (Å²) in [6.45, 7) is 4.25. The maximum absolute atomic E-state index is 9.55. The van der Waals surface area contributed by atoms with Gasteiger partial charge in [0.15, 0.2) is 0 Å². The topological polar surface area (TPSA) is 91.6 Å². The molecule has 0 amide bonds. The first-order chi connectivity index (χ1) is 11.9. The Morgan fingerprint density at radius 3 is 2.48 bits per heavy atom. The van der Waals surface area contributed by atoms with Crippen molar-refractivity contribution >= 4 is 23.5 Å². The molecule has 1 aliphatic rings. The Hall–Kier alpha value is -2.57. The molecule has 6 nitrogen and oxygen atoms in total. The molecular weight excluding hydrogens is 344 g/mol. The molecule has 0 bridgehead atoms. The minimum atomic E-state index is -1.26. The lowest BCUT2D eigenvalue weighted by molar-refractivity contribution is -0.134. The maximum Gasteiger partial charge on any atom is 0.328 e. The molecule has 25 heavy (non-hydrogen) atoms. The molecule has 0 spiro atoms. The van der Waals surface area contributed by atoms with Crippen LogP contribution in [0, 0.1) is 0 Å². The summed E-state index contributed by atoms with van der Waals surface area (Å²) in [5.74, 6) is -2.51. The molecule has 7 heteroatoms. The lowest BCUT2D eigenvalue weighted by atomic mass is 10.1. The van der Waals surface area contributed by atoms with Crippen LogP contribution in [-0.4, -0.2) is 33.3 Å². The van der Waals surface area contributed by atoms with Crippen LogP contribution in [-0.2, 0) is 16.1 Å². The van der Waals surface area contributed by atoms with Crippen LogP contribution >= 0.6 is 11.6 Å². The van der Waals surface area contributed by atoms with Crippen molar-refractivity contribution in [2.24, 2.45) is 0 Å². The van der Waals surface area contributed by atoms with E-state index in [4.69, 9.17) is 21.8 Å². The van der Waals surface area contributed by atoms with E-state index < -0.39 is 11.9 Å². The first kappa shape index (κ1) is 18.8. The predicted octanol–water partition coefficient (Wildman–Crippen LogP) is 3.18. The highest BCUT2D eigenvalue weighted by Gasteiger charge is 2.18. The fourth-order valence-electron chi connectivity index (χ4n) is 2.65. The molecule has 132 valence electrons. The Kier molecular flexibility index (Phi) is 6.38. The molecule has 1 aliphatic heterocycles. The third kappa shape index (κ3) is 5.20. The minimum absolute atomic E-state index is 0.427. The van der Waals surface area contributed by atoms with Gasteiger partial charge in [-0.15, -0.1) is 0 Å². The summed E-state index contributed by atoms with van der Waals surface area (Å²) in [5.41, 5.74) is 3.81. The van der Waals surface area contributed by atoms with Crippen LogP contribution in [0.25, 0.3) is 11.3 Å². The Morgan fingerprint density at radius 1 is 1.20 bits per heavy atom. The largest absolute Gasteiger partial charge is 0.478 e. The van der Waals surface area contributed by atoms with Gasteiger partial charge in [-0.25, -0.2) is 9.59 Å². The van der Waals surface area contributed by atoms with Crippen molar-refractivity contribution in [2.75, 3.05) is 6.54 Å². The monoisotopic (exact) mass is 362 g/mol. The molecule has 2 heterocycles. The van der Waals surface area contributed by atoms with Crippen molar-refractivity contribution in [3.63, 3.8) is 0 Å². The fraction of sp³-hybridized carbons (Fsp3) is 0.222. The van der Waals surface area contributed by atoms with Gasteiger partial charge in [0, 0.05) is 47.7 Å². The van der Waals surface area contributed by atoms with Crippen LogP contribution in [0.4, 0.5) is 0 Å². The van der Waals surface area contributed by atoms with Crippen molar-refractivity contribution in [1.82, 2.24) is 9.88 Å². The number of aliphatic carboxylic acids is 2. The number of carboxylic acids is 2. The van der Waals surface area contributed by atoms with Crippen LogP contribution in [0.2, 0.25) is 5.02 Å². The highest BCUT2D eigenvalue weighted by Crippen LogP contribution is 2.29. The number of hydrogen-bond donors (Lipinski definition) is 3. The average molecular weight is 363 g/mol. The van der Waals surface area contributed by atoms with Gasteiger partial charge in [-0.05, 0) is 36.8 Å². The normalized spacial score (nSPS) is 16.0. The number of carboxylic acid groups (broad SMARTS) is 2. The number of aromatic nitrogens is 1. The van der Waals surface area contributed by atoms with Crippen LogP contribution in [0.5, 0.6) is 0 Å². The van der Waals surface area contributed by atoms with E-state index in [2.05, 4.69) is 35.0 Å². The average Bonchev–Trinajstić information content (AvgIpc) is 2.99. The summed E-state index contributed by atoms with van der Waals surface area (Å²) in [5, 5.41) is 19.9. The van der Waals surface area contributed by atoms with Gasteiger partial charge in [-0.1, -0.05) is 23.7 Å². The third-order valence-electron chi connectivity index (χ3n) is 3.73. The second-order valence-corrected chi connectivity index (χ2v) is 5.93. The molecule has 1 aromatic heterocycles. The van der Waals surface area contributed by atoms with Gasteiger partial charge < -0.3 is 20.1 Å². The zero-order valence-corrected chi connectivity index (χ0v) is 14.4. The summed E-state index contributed by atoms with van der Waals surface area (Å²) in [6.07, 6.45) is 1.12. The molecule has 3 rings (SSSR count). The van der Waals surface area contributed by atoms with E-state index in [9.17, 15) is 9.59 Å². The zero-order chi connectivity index (χ0) is 18.4. The first-order valence-corrected chi connectivity index (χ1v) is 8.09. The number of halogens is 1. The van der Waals surface area contributed by atoms with Gasteiger partial charge in [-0.3, -0.25) is 0 Å². The summed E-state index contributed by atoms with van der Waals surface area (Å²) < 4.78 is 2.38. The summed E-state index contributed by atoms with van der Waals surface area (Å²) >= 11 is 6.05. The van der Waals surface area contributed by atoms with Crippen LogP contribution in [0.1, 0.15) is 18.7 Å². The van der Waals surface area contributed by atoms with Crippen molar-refractivity contribution in [3.05, 3.63) is 59.3 Å². The Morgan fingerprint density at radius 2 is 1.88 bits per heavy atom. The van der Waals surface area contributed by atoms with Gasteiger partial charge in [0.25, 0.3) is 0 Å². The lowest BCUT2D eigenvalue weighted by Crippen LogP contribution is -2.31. The molecule has 1 aromatic carbocycles. The molecule has 0 saturated heterocycles. The number of carbonyl (C=O) groups is 2. The van der Waals surface area contributed by atoms with E-state index in [1.807, 2.05) is 18.2 Å². The van der Waals surface area contributed by atoms with Crippen molar-refractivity contribution in [2.45, 2.75) is 19.5 Å². The van der Waals surface area contributed by atoms with Gasteiger partial charge in [0.1, 0.15) is 0 Å². The zero-order valence-electron chi connectivity index (χ0n) is 13.6. The highest BCUT2D eigenvalue weighted by molar-refractivity contribution is 6.30. The van der Waals surface area contributed by atoms with Gasteiger partial charge in [-0.2, -0.15) is 0 Å². The molecule has 0 aliphatic carbocycles. The molecular formula is C18H19ClN2O4. The Balaban J connectivity index is 0.000000242. The quantitative estimate of drug-likeness (QED) is 0.729. The molecule has 0 radical (unpaired) electrons. The predicted molar refractivity (Wildman–Crippen MR) is 95.7 cm³/mol. The summed E-state index contributed by atoms with van der Waals surface area (Å²) in [6, 6.07) is 12.9. The standard InChI is InChI=1S/C14H15ClN2.C4H4O4/c1-10-13-5-6-14(17(13)8-7-16-10)11-3-2-4-12(15)9-11;5-3(6)1-2-4(7)8/h2-6,9-10,16H,7-8H2,1H3;1-2H,(H,5,6)(H,7,8)/b;2-1+. The minimum Gasteiger partial charge on any atom is -0.478 e. The van der Waals surface area contributed by atoms with Gasteiger partial charge in [0.05, 0.1) is 0 Å². The van der Waals surface area contributed by atoms with E-state index in [1.54, 1.807) is 0 Å². The molecule has 1 atom stereocenters. The smallest absolute Gasteiger partial charge is 0.328 e. The van der Waals surface area contributed by atoms with Gasteiger partial charge >= 0.3 is 11.9 Å². The number of hydrogen-bond acceptors (Lipinski definition) is 3. The number of nitrogens with zero attached hydrogens (tertiary/aromatic N) is 1. The fourth-order valence-corrected chi connectivity index (χ4v) is 2.84. The molecule has 1 unspecified atom stereocenters. The van der Waals surface area contributed by atoms with Crippen molar-refractivity contribution < 1.29 is 19.8 Å². The van der Waals surface area contributed by atoms with E-state index >= 15 is 0 Å². The number of nitrogens with one attached hydrogen (secondary N) is 1. The SMILES string of the molecule is CC1NCCn2c(-c3cccc(Cl)c3)ccc21.O=C(O)/C=C/C(=O)O. The van der Waals surface area contributed by atoms with Crippen LogP contribution in [0.3, 0.4) is 0 Å². The van der Waals surface area contributed by atoms with Crippen molar-refractivity contribution in [1.29, 1.82) is 0 Å². The van der Waals surface area contributed by atoms with E-state index in [1.165, 1.54) is 17.0 Å². The second kappa shape index (κ2) is 8.50. The Labute approximate surface area is 150 Å². The number of benzene rings is 1. The maximum atomic E-state index is 9.55. The van der Waals surface area contributed by atoms with E-state index in [0.29, 0.717) is 18.2 Å². The molecule has 0 fully saturated rings. The number of rotatable bonds is 3. The molecule has 2 aromatic rings. The van der Waals surface area contributed by atoms with Crippen LogP contribution < -0.4 is 5.32 Å². The van der Waals surface area contributed by atoms with E-state index in [0.717, 1.165) is 18.1 Å². The highest BCUT2D eigenvalue weighted by atomic mass is 35.5. The van der Waals surface area contributed by atoms with Crippen molar-refractivity contribution in [3.8, 4) is 11.3 Å². The Bertz CT molecular complexity index is 782.